The van der Waals surface area contributed by atoms with Gasteiger partial charge < -0.3 is 25.8 Å². The third-order valence-corrected chi connectivity index (χ3v) is 3.42. The molecule has 1 amide bonds. The van der Waals surface area contributed by atoms with E-state index >= 15 is 0 Å². The number of nitrogens with one attached hydrogen (secondary N) is 2. The first kappa shape index (κ1) is 16.7. The molecule has 7 nitrogen and oxygen atoms in total. The first-order chi connectivity index (χ1) is 9.58. The summed E-state index contributed by atoms with van der Waals surface area (Å²) in [6, 6.07) is -0.0751. The minimum absolute atomic E-state index is 0.0751. The van der Waals surface area contributed by atoms with E-state index < -0.39 is 0 Å². The summed E-state index contributed by atoms with van der Waals surface area (Å²) < 4.78 is 10.2. The first-order valence-electron chi connectivity index (χ1n) is 6.46. The number of aromatic nitrogens is 1. The zero-order valence-electron chi connectivity index (χ0n) is 12.1. The average Bonchev–Trinajstić information content (AvgIpc) is 2.78. The normalized spacial score (nSPS) is 12.2. The first-order valence-corrected chi connectivity index (χ1v) is 7.27. The largest absolute Gasteiger partial charge is 0.383 e. The van der Waals surface area contributed by atoms with Gasteiger partial charge in [-0.2, -0.15) is 0 Å². The maximum Gasteiger partial charge on any atom is 0.265 e. The van der Waals surface area contributed by atoms with Gasteiger partial charge in [-0.15, -0.1) is 0 Å². The molecule has 114 valence electrons. The van der Waals surface area contributed by atoms with E-state index in [4.69, 9.17) is 15.2 Å². The van der Waals surface area contributed by atoms with E-state index in [0.717, 1.165) is 0 Å². The van der Waals surface area contributed by atoms with Crippen molar-refractivity contribution >= 4 is 28.2 Å². The third-order valence-electron chi connectivity index (χ3n) is 2.39. The van der Waals surface area contributed by atoms with Crippen molar-refractivity contribution < 1.29 is 14.3 Å². The van der Waals surface area contributed by atoms with Gasteiger partial charge in [0.05, 0.1) is 13.2 Å². The molecular formula is C12H22N4O3S. The van der Waals surface area contributed by atoms with Crippen molar-refractivity contribution in [3.63, 3.8) is 0 Å². The van der Waals surface area contributed by atoms with Crippen molar-refractivity contribution in [1.82, 2.24) is 10.3 Å². The zero-order chi connectivity index (χ0) is 15.0. The number of thiazole rings is 1. The summed E-state index contributed by atoms with van der Waals surface area (Å²) >= 11 is 1.23. The summed E-state index contributed by atoms with van der Waals surface area (Å²) in [7, 11) is 1.62. The molecule has 0 saturated carbocycles. The monoisotopic (exact) mass is 302 g/mol. The van der Waals surface area contributed by atoms with Crippen molar-refractivity contribution in [3.8, 4) is 0 Å². The van der Waals surface area contributed by atoms with Crippen molar-refractivity contribution in [3.05, 3.63) is 4.88 Å². The molecule has 1 aromatic rings. The lowest BCUT2D eigenvalue weighted by atomic mass is 10.3. The van der Waals surface area contributed by atoms with E-state index in [2.05, 4.69) is 15.6 Å². The number of amides is 1. The Labute approximate surface area is 122 Å². The molecule has 1 aromatic heterocycles. The predicted octanol–water partition coefficient (Wildman–Crippen LogP) is 0.938. The second kappa shape index (κ2) is 8.72. The van der Waals surface area contributed by atoms with Crippen LogP contribution >= 0.6 is 11.3 Å². The zero-order valence-corrected chi connectivity index (χ0v) is 12.9. The molecule has 0 fully saturated rings. The van der Waals surface area contributed by atoms with Gasteiger partial charge in [0.25, 0.3) is 5.91 Å². The van der Waals surface area contributed by atoms with Gasteiger partial charge in [-0.1, -0.05) is 11.3 Å². The predicted molar refractivity (Wildman–Crippen MR) is 80.3 cm³/mol. The average molecular weight is 302 g/mol. The number of methoxy groups -OCH3 is 1. The second-order valence-electron chi connectivity index (χ2n) is 4.19. The number of ether oxygens (including phenoxy) is 2. The summed E-state index contributed by atoms with van der Waals surface area (Å²) in [5, 5.41) is 6.49. The molecule has 0 aromatic carbocycles. The molecule has 1 heterocycles. The minimum atomic E-state index is -0.230. The fraction of sp³-hybridized carbons (Fsp3) is 0.667. The van der Waals surface area contributed by atoms with Crippen LogP contribution in [0, 0.1) is 0 Å². The number of anilines is 2. The van der Waals surface area contributed by atoms with Gasteiger partial charge in [-0.05, 0) is 13.8 Å². The Kier molecular flexibility index (Phi) is 7.27. The molecule has 0 bridgehead atoms. The Morgan fingerprint density at radius 1 is 1.55 bits per heavy atom. The van der Waals surface area contributed by atoms with E-state index in [9.17, 15) is 4.79 Å². The van der Waals surface area contributed by atoms with Crippen LogP contribution in [0.15, 0.2) is 0 Å². The molecule has 0 aliphatic rings. The number of nitrogens with zero attached hydrogens (tertiary/aromatic N) is 1. The summed E-state index contributed by atoms with van der Waals surface area (Å²) in [5.41, 5.74) is 5.76. The minimum Gasteiger partial charge on any atom is -0.383 e. The third kappa shape index (κ3) is 5.32. The number of carbonyl (C=O) groups is 1. The van der Waals surface area contributed by atoms with E-state index in [1.165, 1.54) is 11.3 Å². The Bertz CT molecular complexity index is 425. The van der Waals surface area contributed by atoms with E-state index in [-0.39, 0.29) is 17.8 Å². The SMILES string of the molecule is CCOCC(C)NC(=O)c1sc(NCCOC)nc1N. The Hall–Kier alpha value is -1.38. The molecule has 1 atom stereocenters. The Morgan fingerprint density at radius 2 is 2.30 bits per heavy atom. The van der Waals surface area contributed by atoms with Crippen LogP contribution in [0.3, 0.4) is 0 Å². The van der Waals surface area contributed by atoms with E-state index in [1.807, 2.05) is 13.8 Å². The maximum atomic E-state index is 12.1. The van der Waals surface area contributed by atoms with Gasteiger partial charge >= 0.3 is 0 Å². The molecule has 0 radical (unpaired) electrons. The number of nitrogens with two attached hydrogens (primary N) is 1. The summed E-state index contributed by atoms with van der Waals surface area (Å²) in [5.74, 6) is 0.00280. The molecule has 1 unspecified atom stereocenters. The molecule has 20 heavy (non-hydrogen) atoms. The fourth-order valence-electron chi connectivity index (χ4n) is 1.46. The van der Waals surface area contributed by atoms with Crippen LogP contribution in [0.25, 0.3) is 0 Å². The number of nitrogen functional groups attached to an aromatic ring is 1. The summed E-state index contributed by atoms with van der Waals surface area (Å²) in [6.45, 7) is 6.06. The van der Waals surface area contributed by atoms with Gasteiger partial charge in [0.1, 0.15) is 10.7 Å². The lowest BCUT2D eigenvalue weighted by molar-refractivity contribution is 0.0876. The molecule has 8 heteroatoms. The van der Waals surface area contributed by atoms with E-state index in [1.54, 1.807) is 7.11 Å². The van der Waals surface area contributed by atoms with Gasteiger partial charge in [0.15, 0.2) is 5.13 Å². The van der Waals surface area contributed by atoms with Crippen LogP contribution < -0.4 is 16.4 Å². The number of rotatable bonds is 9. The Balaban J connectivity index is 2.54. The highest BCUT2D eigenvalue weighted by Gasteiger charge is 2.17. The number of hydrogen-bond donors (Lipinski definition) is 3. The molecular weight excluding hydrogens is 280 g/mol. The van der Waals surface area contributed by atoms with Crippen LogP contribution in [0.5, 0.6) is 0 Å². The van der Waals surface area contributed by atoms with Crippen LogP contribution in [0.1, 0.15) is 23.5 Å². The molecule has 0 saturated heterocycles. The second-order valence-corrected chi connectivity index (χ2v) is 5.19. The lowest BCUT2D eigenvalue weighted by Gasteiger charge is -2.12. The molecule has 0 spiro atoms. The van der Waals surface area contributed by atoms with Gasteiger partial charge in [0.2, 0.25) is 0 Å². The van der Waals surface area contributed by atoms with Crippen molar-refractivity contribution in [2.75, 3.05) is 44.5 Å². The van der Waals surface area contributed by atoms with E-state index in [0.29, 0.717) is 36.4 Å². The lowest BCUT2D eigenvalue weighted by Crippen LogP contribution is -2.35. The van der Waals surface area contributed by atoms with Gasteiger partial charge in [-0.25, -0.2) is 4.98 Å². The smallest absolute Gasteiger partial charge is 0.265 e. The molecule has 0 aliphatic heterocycles. The highest BCUT2D eigenvalue weighted by Crippen LogP contribution is 2.24. The Morgan fingerprint density at radius 3 is 2.95 bits per heavy atom. The van der Waals surface area contributed by atoms with Crippen molar-refractivity contribution in [2.24, 2.45) is 0 Å². The van der Waals surface area contributed by atoms with Crippen molar-refractivity contribution in [2.45, 2.75) is 19.9 Å². The van der Waals surface area contributed by atoms with Crippen molar-refractivity contribution in [1.29, 1.82) is 0 Å². The van der Waals surface area contributed by atoms with Crippen LogP contribution in [0.4, 0.5) is 10.9 Å². The molecule has 0 aliphatic carbocycles. The number of hydrogen-bond acceptors (Lipinski definition) is 7. The van der Waals surface area contributed by atoms with Crippen LogP contribution in [0.2, 0.25) is 0 Å². The highest BCUT2D eigenvalue weighted by atomic mass is 32.1. The standard InChI is InChI=1S/C12H22N4O3S/c1-4-19-7-8(2)15-11(17)9-10(13)16-12(20-9)14-5-6-18-3/h8H,4-7,13H2,1-3H3,(H,14,16)(H,15,17). The molecule has 4 N–H and O–H groups in total. The highest BCUT2D eigenvalue weighted by molar-refractivity contribution is 7.18. The topological polar surface area (TPSA) is 98.5 Å². The van der Waals surface area contributed by atoms with Gasteiger partial charge in [0, 0.05) is 26.3 Å². The summed E-state index contributed by atoms with van der Waals surface area (Å²) in [6.07, 6.45) is 0. The van der Waals surface area contributed by atoms with Crippen LogP contribution in [-0.4, -0.2) is 50.4 Å². The number of carbonyl (C=O) groups excluding carboxylic acids is 1. The summed E-state index contributed by atoms with van der Waals surface area (Å²) in [4.78, 5) is 16.6. The fourth-order valence-corrected chi connectivity index (χ4v) is 2.27. The van der Waals surface area contributed by atoms with Crippen LogP contribution in [-0.2, 0) is 9.47 Å². The molecule has 1 rings (SSSR count). The quantitative estimate of drug-likeness (QED) is 0.587. The maximum absolute atomic E-state index is 12.1. The van der Waals surface area contributed by atoms with Gasteiger partial charge in [-0.3, -0.25) is 4.79 Å².